The Morgan fingerprint density at radius 3 is 2.43 bits per heavy atom. The molecule has 0 saturated heterocycles. The van der Waals surface area contributed by atoms with Crippen LogP contribution in [0.5, 0.6) is 5.75 Å². The van der Waals surface area contributed by atoms with E-state index in [-0.39, 0.29) is 11.7 Å². The number of carbonyl (C=O) groups is 1. The maximum absolute atomic E-state index is 12.6. The fourth-order valence-corrected chi connectivity index (χ4v) is 2.91. The summed E-state index contributed by atoms with van der Waals surface area (Å²) in [7, 11) is 1.65. The highest BCUT2D eigenvalue weighted by Crippen LogP contribution is 2.49. The van der Waals surface area contributed by atoms with Crippen LogP contribution < -0.4 is 4.74 Å². The third kappa shape index (κ3) is 2.71. The van der Waals surface area contributed by atoms with Gasteiger partial charge in [-0.15, -0.1) is 0 Å². The number of hydrogen-bond acceptors (Lipinski definition) is 2. The lowest BCUT2D eigenvalue weighted by molar-refractivity contribution is 0.0965. The summed E-state index contributed by atoms with van der Waals surface area (Å²) in [4.78, 5) is 12.6. The molecule has 2 nitrogen and oxygen atoms in total. The van der Waals surface area contributed by atoms with Gasteiger partial charge in [-0.2, -0.15) is 0 Å². The van der Waals surface area contributed by atoms with Crippen molar-refractivity contribution < 1.29 is 9.53 Å². The summed E-state index contributed by atoms with van der Waals surface area (Å²) in [6, 6.07) is 14.2. The van der Waals surface area contributed by atoms with Gasteiger partial charge >= 0.3 is 0 Å². The highest BCUT2D eigenvalue weighted by molar-refractivity contribution is 6.00. The maximum Gasteiger partial charge on any atom is 0.166 e. The molecule has 2 unspecified atom stereocenters. The van der Waals surface area contributed by atoms with E-state index in [4.69, 9.17) is 4.74 Å². The molecule has 1 saturated carbocycles. The standard InChI is InChI=1S/C19H20O2/c1-12-4-6-14(7-5-12)16-11-17(16)19(20)15-8-9-18(21-3)13(2)10-15/h4-10,16-17H,11H2,1-3H3. The molecule has 0 aliphatic heterocycles. The predicted molar refractivity (Wildman–Crippen MR) is 84.1 cm³/mol. The Morgan fingerprint density at radius 1 is 1.10 bits per heavy atom. The molecule has 0 spiro atoms. The first-order valence-electron chi connectivity index (χ1n) is 7.35. The van der Waals surface area contributed by atoms with Crippen molar-refractivity contribution >= 4 is 5.78 Å². The molecule has 2 aromatic carbocycles. The molecule has 0 N–H and O–H groups in total. The fraction of sp³-hybridized carbons (Fsp3) is 0.316. The Hall–Kier alpha value is -2.09. The minimum Gasteiger partial charge on any atom is -0.496 e. The third-order valence-corrected chi connectivity index (χ3v) is 4.31. The van der Waals surface area contributed by atoms with Gasteiger partial charge in [-0.1, -0.05) is 29.8 Å². The van der Waals surface area contributed by atoms with E-state index < -0.39 is 0 Å². The van der Waals surface area contributed by atoms with Crippen LogP contribution in [0.2, 0.25) is 0 Å². The maximum atomic E-state index is 12.6. The first-order chi connectivity index (χ1) is 10.1. The molecule has 1 fully saturated rings. The van der Waals surface area contributed by atoms with E-state index in [1.54, 1.807) is 7.11 Å². The van der Waals surface area contributed by atoms with Crippen molar-refractivity contribution in [2.24, 2.45) is 5.92 Å². The van der Waals surface area contributed by atoms with Crippen molar-refractivity contribution in [1.82, 2.24) is 0 Å². The molecule has 21 heavy (non-hydrogen) atoms. The Kier molecular flexibility index (Phi) is 3.54. The molecule has 1 aliphatic carbocycles. The summed E-state index contributed by atoms with van der Waals surface area (Å²) in [5.74, 6) is 1.62. The summed E-state index contributed by atoms with van der Waals surface area (Å²) < 4.78 is 5.25. The number of benzene rings is 2. The van der Waals surface area contributed by atoms with E-state index in [0.29, 0.717) is 5.92 Å². The van der Waals surface area contributed by atoms with E-state index in [0.717, 1.165) is 23.3 Å². The van der Waals surface area contributed by atoms with Gasteiger partial charge in [0.1, 0.15) is 5.75 Å². The third-order valence-electron chi connectivity index (χ3n) is 4.31. The van der Waals surface area contributed by atoms with Crippen LogP contribution in [0.15, 0.2) is 42.5 Å². The quantitative estimate of drug-likeness (QED) is 0.781. The lowest BCUT2D eigenvalue weighted by atomic mass is 10.0. The van der Waals surface area contributed by atoms with E-state index >= 15 is 0 Å². The Morgan fingerprint density at radius 2 is 1.81 bits per heavy atom. The van der Waals surface area contributed by atoms with Crippen LogP contribution in [0.25, 0.3) is 0 Å². The van der Waals surface area contributed by atoms with Crippen molar-refractivity contribution in [1.29, 1.82) is 0 Å². The molecule has 1 aliphatic rings. The topological polar surface area (TPSA) is 26.3 Å². The number of Topliss-reactive ketones (excluding diaryl/α,β-unsaturated/α-hetero) is 1. The average Bonchev–Trinajstić information content (AvgIpc) is 3.27. The van der Waals surface area contributed by atoms with Crippen LogP contribution in [-0.2, 0) is 0 Å². The van der Waals surface area contributed by atoms with E-state index in [2.05, 4.69) is 31.2 Å². The molecule has 2 aromatic rings. The number of ketones is 1. The molecular formula is C19H20O2. The van der Waals surface area contributed by atoms with E-state index in [1.807, 2.05) is 25.1 Å². The summed E-state index contributed by atoms with van der Waals surface area (Å²) in [5.41, 5.74) is 4.35. The number of aryl methyl sites for hydroxylation is 2. The first kappa shape index (κ1) is 13.9. The van der Waals surface area contributed by atoms with Crippen LogP contribution in [-0.4, -0.2) is 12.9 Å². The van der Waals surface area contributed by atoms with Gasteiger partial charge in [0.05, 0.1) is 7.11 Å². The first-order valence-corrected chi connectivity index (χ1v) is 7.35. The highest BCUT2D eigenvalue weighted by atomic mass is 16.5. The normalized spacial score (nSPS) is 20.1. The summed E-state index contributed by atoms with van der Waals surface area (Å²) in [6.07, 6.45) is 0.965. The Balaban J connectivity index is 1.75. The van der Waals surface area contributed by atoms with Crippen LogP contribution in [0.3, 0.4) is 0 Å². The lowest BCUT2D eigenvalue weighted by Crippen LogP contribution is -2.04. The zero-order valence-corrected chi connectivity index (χ0v) is 12.7. The van der Waals surface area contributed by atoms with Crippen LogP contribution in [0.1, 0.15) is 39.4 Å². The zero-order chi connectivity index (χ0) is 15.0. The molecule has 2 atom stereocenters. The number of hydrogen-bond donors (Lipinski definition) is 0. The fourth-order valence-electron chi connectivity index (χ4n) is 2.91. The summed E-state index contributed by atoms with van der Waals surface area (Å²) >= 11 is 0. The number of ether oxygens (including phenoxy) is 1. The monoisotopic (exact) mass is 280 g/mol. The van der Waals surface area contributed by atoms with E-state index in [9.17, 15) is 4.79 Å². The SMILES string of the molecule is COc1ccc(C(=O)C2CC2c2ccc(C)cc2)cc1C. The van der Waals surface area contributed by atoms with Crippen LogP contribution in [0, 0.1) is 19.8 Å². The minimum atomic E-state index is 0.139. The smallest absolute Gasteiger partial charge is 0.166 e. The van der Waals surface area contributed by atoms with Gasteiger partial charge in [0.2, 0.25) is 0 Å². The predicted octanol–water partition coefficient (Wildman–Crippen LogP) is 4.30. The van der Waals surface area contributed by atoms with Gasteiger partial charge in [0.25, 0.3) is 0 Å². The molecule has 108 valence electrons. The highest BCUT2D eigenvalue weighted by Gasteiger charge is 2.43. The Labute approximate surface area is 125 Å². The number of methoxy groups -OCH3 is 1. The minimum absolute atomic E-state index is 0.139. The molecule has 0 amide bonds. The van der Waals surface area contributed by atoms with Crippen molar-refractivity contribution in [2.75, 3.05) is 7.11 Å². The molecular weight excluding hydrogens is 260 g/mol. The second-order valence-corrected chi connectivity index (χ2v) is 5.91. The number of carbonyl (C=O) groups excluding carboxylic acids is 1. The van der Waals surface area contributed by atoms with Crippen molar-refractivity contribution in [3.8, 4) is 5.75 Å². The van der Waals surface area contributed by atoms with Gasteiger partial charge in [-0.3, -0.25) is 4.79 Å². The largest absolute Gasteiger partial charge is 0.496 e. The van der Waals surface area contributed by atoms with Gasteiger partial charge in [-0.25, -0.2) is 0 Å². The molecule has 2 heteroatoms. The van der Waals surface area contributed by atoms with Gasteiger partial charge in [0.15, 0.2) is 5.78 Å². The second kappa shape index (κ2) is 5.36. The van der Waals surface area contributed by atoms with Gasteiger partial charge < -0.3 is 4.74 Å². The van der Waals surface area contributed by atoms with Crippen molar-refractivity contribution in [2.45, 2.75) is 26.2 Å². The van der Waals surface area contributed by atoms with Crippen molar-refractivity contribution in [3.05, 3.63) is 64.7 Å². The van der Waals surface area contributed by atoms with Crippen LogP contribution in [0.4, 0.5) is 0 Å². The molecule has 3 rings (SSSR count). The molecule has 0 heterocycles. The molecule has 0 aromatic heterocycles. The Bertz CT molecular complexity index is 670. The van der Waals surface area contributed by atoms with Crippen LogP contribution >= 0.6 is 0 Å². The van der Waals surface area contributed by atoms with E-state index in [1.165, 1.54) is 11.1 Å². The summed E-state index contributed by atoms with van der Waals surface area (Å²) in [6.45, 7) is 4.05. The van der Waals surface area contributed by atoms with Gasteiger partial charge in [-0.05, 0) is 55.5 Å². The second-order valence-electron chi connectivity index (χ2n) is 5.91. The number of rotatable bonds is 4. The average molecular weight is 280 g/mol. The van der Waals surface area contributed by atoms with Gasteiger partial charge in [0, 0.05) is 11.5 Å². The lowest BCUT2D eigenvalue weighted by Gasteiger charge is -2.07. The van der Waals surface area contributed by atoms with Crippen molar-refractivity contribution in [3.63, 3.8) is 0 Å². The molecule has 0 radical (unpaired) electrons. The molecule has 0 bridgehead atoms. The zero-order valence-electron chi connectivity index (χ0n) is 12.7. The summed E-state index contributed by atoms with van der Waals surface area (Å²) in [5, 5.41) is 0.